The SMILES string of the molecule is Cc1ccn(CCC(=O)N[C@@H](C)c2nc(C(=O)N3CCCN(C)CC3)c(C)o2)n1.O=CO. The van der Waals surface area contributed by atoms with Crippen LogP contribution in [0.3, 0.4) is 0 Å². The van der Waals surface area contributed by atoms with Crippen LogP contribution in [0.4, 0.5) is 0 Å². The Kier molecular flexibility index (Phi) is 9.39. The summed E-state index contributed by atoms with van der Waals surface area (Å²) in [5, 5.41) is 14.0. The number of carboxylic acid groups (broad SMARTS) is 1. The monoisotopic (exact) mass is 448 g/mol. The number of hydrogen-bond donors (Lipinski definition) is 2. The Morgan fingerprint density at radius 1 is 1.28 bits per heavy atom. The molecular weight excluding hydrogens is 416 g/mol. The van der Waals surface area contributed by atoms with Crippen LogP contribution in [0.5, 0.6) is 0 Å². The lowest BCUT2D eigenvalue weighted by Gasteiger charge is -2.19. The first-order valence-electron chi connectivity index (χ1n) is 10.6. The van der Waals surface area contributed by atoms with E-state index in [0.29, 0.717) is 43.4 Å². The summed E-state index contributed by atoms with van der Waals surface area (Å²) in [6.07, 6.45) is 3.09. The molecule has 32 heavy (non-hydrogen) atoms. The molecule has 0 bridgehead atoms. The molecule has 0 aliphatic carbocycles. The zero-order valence-corrected chi connectivity index (χ0v) is 19.1. The molecule has 3 heterocycles. The third kappa shape index (κ3) is 7.19. The van der Waals surface area contributed by atoms with E-state index in [0.717, 1.165) is 25.2 Å². The van der Waals surface area contributed by atoms with E-state index < -0.39 is 6.04 Å². The van der Waals surface area contributed by atoms with Crippen LogP contribution in [-0.2, 0) is 16.1 Å². The van der Waals surface area contributed by atoms with E-state index in [9.17, 15) is 9.59 Å². The second-order valence-electron chi connectivity index (χ2n) is 7.77. The van der Waals surface area contributed by atoms with Gasteiger partial charge in [-0.2, -0.15) is 5.10 Å². The fourth-order valence-electron chi connectivity index (χ4n) is 3.38. The predicted octanol–water partition coefficient (Wildman–Crippen LogP) is 1.23. The van der Waals surface area contributed by atoms with Crippen molar-refractivity contribution in [1.29, 1.82) is 0 Å². The van der Waals surface area contributed by atoms with Crippen LogP contribution in [0.2, 0.25) is 0 Å². The zero-order chi connectivity index (χ0) is 23.7. The number of likely N-dealkylation sites (N-methyl/N-ethyl adjacent to an activating group) is 1. The Morgan fingerprint density at radius 2 is 2.00 bits per heavy atom. The fourth-order valence-corrected chi connectivity index (χ4v) is 3.38. The molecule has 11 heteroatoms. The van der Waals surface area contributed by atoms with Crippen molar-refractivity contribution < 1.29 is 23.9 Å². The van der Waals surface area contributed by atoms with E-state index in [4.69, 9.17) is 14.3 Å². The average Bonchev–Trinajstić information content (AvgIpc) is 3.27. The molecule has 176 valence electrons. The molecule has 3 rings (SSSR count). The van der Waals surface area contributed by atoms with E-state index in [-0.39, 0.29) is 18.3 Å². The summed E-state index contributed by atoms with van der Waals surface area (Å²) in [6.45, 7) is 8.92. The summed E-state index contributed by atoms with van der Waals surface area (Å²) in [7, 11) is 2.06. The van der Waals surface area contributed by atoms with Crippen molar-refractivity contribution in [2.24, 2.45) is 0 Å². The second-order valence-corrected chi connectivity index (χ2v) is 7.77. The van der Waals surface area contributed by atoms with Gasteiger partial charge in [-0.3, -0.25) is 19.1 Å². The number of nitrogens with zero attached hydrogens (tertiary/aromatic N) is 5. The van der Waals surface area contributed by atoms with Gasteiger partial charge in [0.25, 0.3) is 12.4 Å². The number of amides is 2. The van der Waals surface area contributed by atoms with E-state index in [1.54, 1.807) is 18.5 Å². The minimum atomic E-state index is -0.419. The van der Waals surface area contributed by atoms with Gasteiger partial charge in [-0.05, 0) is 46.9 Å². The number of rotatable bonds is 6. The van der Waals surface area contributed by atoms with Gasteiger partial charge in [0.2, 0.25) is 11.8 Å². The molecule has 2 amide bonds. The zero-order valence-electron chi connectivity index (χ0n) is 19.1. The van der Waals surface area contributed by atoms with Gasteiger partial charge in [0, 0.05) is 38.8 Å². The van der Waals surface area contributed by atoms with Gasteiger partial charge in [0.1, 0.15) is 11.8 Å². The summed E-state index contributed by atoms with van der Waals surface area (Å²) in [5.41, 5.74) is 1.25. The van der Waals surface area contributed by atoms with E-state index in [1.165, 1.54) is 0 Å². The van der Waals surface area contributed by atoms with Gasteiger partial charge in [-0.15, -0.1) is 0 Å². The number of carbonyl (C=O) groups is 3. The van der Waals surface area contributed by atoms with Crippen LogP contribution in [-0.4, -0.2) is 81.2 Å². The number of oxazole rings is 1. The highest BCUT2D eigenvalue weighted by Gasteiger charge is 2.26. The molecule has 1 aliphatic heterocycles. The summed E-state index contributed by atoms with van der Waals surface area (Å²) in [4.78, 5) is 41.9. The lowest BCUT2D eigenvalue weighted by molar-refractivity contribution is -0.123. The van der Waals surface area contributed by atoms with Crippen molar-refractivity contribution in [2.45, 2.75) is 46.2 Å². The third-order valence-corrected chi connectivity index (χ3v) is 5.11. The Morgan fingerprint density at radius 3 is 2.66 bits per heavy atom. The molecule has 2 aromatic heterocycles. The first kappa shape index (κ1) is 25.1. The van der Waals surface area contributed by atoms with Crippen LogP contribution in [0.1, 0.15) is 53.6 Å². The number of nitrogens with one attached hydrogen (secondary N) is 1. The summed E-state index contributed by atoms with van der Waals surface area (Å²) in [6, 6.07) is 1.48. The maximum Gasteiger partial charge on any atom is 0.290 e. The van der Waals surface area contributed by atoms with Crippen LogP contribution < -0.4 is 5.32 Å². The number of hydrogen-bond acceptors (Lipinski definition) is 7. The van der Waals surface area contributed by atoms with Crippen LogP contribution >= 0.6 is 0 Å². The molecule has 0 spiro atoms. The molecule has 1 atom stereocenters. The lowest BCUT2D eigenvalue weighted by atomic mass is 10.3. The molecule has 1 fully saturated rings. The molecule has 11 nitrogen and oxygen atoms in total. The van der Waals surface area contributed by atoms with Gasteiger partial charge in [0.15, 0.2) is 5.69 Å². The largest absolute Gasteiger partial charge is 0.483 e. The number of carbonyl (C=O) groups excluding carboxylic acids is 2. The Hall–Kier alpha value is -3.21. The van der Waals surface area contributed by atoms with E-state index in [2.05, 4.69) is 27.3 Å². The van der Waals surface area contributed by atoms with Crippen molar-refractivity contribution in [3.05, 3.63) is 35.3 Å². The minimum absolute atomic E-state index is 0.111. The highest BCUT2D eigenvalue weighted by molar-refractivity contribution is 5.93. The standard InChI is InChI=1S/C20H30N6O3.CH2O2/c1-14-6-10-26(23-14)11-7-17(27)21-15(2)19-22-18(16(3)29-19)20(28)25-9-5-8-24(4)12-13-25;2-1-3/h6,10,15H,5,7-9,11-13H2,1-4H3,(H,21,27);1H,(H,2,3)/t15-;/m0./s1. The van der Waals surface area contributed by atoms with E-state index in [1.807, 2.05) is 24.1 Å². The maximum atomic E-state index is 12.9. The predicted molar refractivity (Wildman–Crippen MR) is 116 cm³/mol. The molecule has 1 saturated heterocycles. The van der Waals surface area contributed by atoms with Gasteiger partial charge in [0.05, 0.1) is 5.69 Å². The molecule has 0 unspecified atom stereocenters. The molecule has 2 aromatic rings. The summed E-state index contributed by atoms with van der Waals surface area (Å²) < 4.78 is 7.45. The second kappa shape index (κ2) is 12.0. The Balaban J connectivity index is 0.00000114. The summed E-state index contributed by atoms with van der Waals surface area (Å²) in [5.74, 6) is 0.599. The van der Waals surface area contributed by atoms with Crippen molar-refractivity contribution in [3.63, 3.8) is 0 Å². The topological polar surface area (TPSA) is 134 Å². The lowest BCUT2D eigenvalue weighted by Crippen LogP contribution is -2.35. The first-order chi connectivity index (χ1) is 15.2. The number of aryl methyl sites for hydroxylation is 3. The molecule has 0 saturated carbocycles. The van der Waals surface area contributed by atoms with Gasteiger partial charge in [-0.1, -0.05) is 0 Å². The van der Waals surface area contributed by atoms with Crippen LogP contribution in [0.25, 0.3) is 0 Å². The fraction of sp³-hybridized carbons (Fsp3) is 0.571. The molecule has 1 aliphatic rings. The van der Waals surface area contributed by atoms with Crippen molar-refractivity contribution >= 4 is 18.3 Å². The van der Waals surface area contributed by atoms with Crippen molar-refractivity contribution in [3.8, 4) is 0 Å². The molecular formula is C21H32N6O5. The third-order valence-electron chi connectivity index (χ3n) is 5.11. The first-order valence-corrected chi connectivity index (χ1v) is 10.6. The van der Waals surface area contributed by atoms with Gasteiger partial charge < -0.3 is 24.6 Å². The smallest absolute Gasteiger partial charge is 0.290 e. The van der Waals surface area contributed by atoms with Crippen molar-refractivity contribution in [2.75, 3.05) is 33.2 Å². The summed E-state index contributed by atoms with van der Waals surface area (Å²) >= 11 is 0. The minimum Gasteiger partial charge on any atom is -0.483 e. The number of aromatic nitrogens is 3. The molecule has 2 N–H and O–H groups in total. The normalized spacial score (nSPS) is 15.3. The van der Waals surface area contributed by atoms with Crippen LogP contribution in [0, 0.1) is 13.8 Å². The maximum absolute atomic E-state index is 12.9. The Labute approximate surface area is 187 Å². The quantitative estimate of drug-likeness (QED) is 0.631. The Bertz CT molecular complexity index is 908. The van der Waals surface area contributed by atoms with Crippen LogP contribution in [0.15, 0.2) is 16.7 Å². The van der Waals surface area contributed by atoms with E-state index >= 15 is 0 Å². The average molecular weight is 449 g/mol. The van der Waals surface area contributed by atoms with Crippen molar-refractivity contribution in [1.82, 2.24) is 29.9 Å². The molecule has 0 aromatic carbocycles. The molecule has 0 radical (unpaired) electrons. The highest BCUT2D eigenvalue weighted by atomic mass is 16.4. The van der Waals surface area contributed by atoms with Gasteiger partial charge in [-0.25, -0.2) is 4.98 Å². The highest BCUT2D eigenvalue weighted by Crippen LogP contribution is 2.19. The van der Waals surface area contributed by atoms with Gasteiger partial charge >= 0.3 is 0 Å².